The van der Waals surface area contributed by atoms with Crippen molar-refractivity contribution in [3.8, 4) is 5.69 Å². The summed E-state index contributed by atoms with van der Waals surface area (Å²) in [5.74, 6) is 0.650. The van der Waals surface area contributed by atoms with Gasteiger partial charge < -0.3 is 10.6 Å². The van der Waals surface area contributed by atoms with Gasteiger partial charge in [-0.15, -0.1) is 0 Å². The third-order valence-corrected chi connectivity index (χ3v) is 5.92. The molecule has 0 aliphatic rings. The summed E-state index contributed by atoms with van der Waals surface area (Å²) >= 11 is 0. The summed E-state index contributed by atoms with van der Waals surface area (Å²) in [6, 6.07) is 30.3. The first kappa shape index (κ1) is 22.3. The number of amides is 2. The molecule has 5 rings (SSSR count). The lowest BCUT2D eigenvalue weighted by Crippen LogP contribution is -2.19. The smallest absolute Gasteiger partial charge is 0.308 e. The van der Waals surface area contributed by atoms with Crippen LogP contribution in [0.5, 0.6) is 0 Å². The van der Waals surface area contributed by atoms with Crippen LogP contribution in [-0.4, -0.2) is 15.6 Å². The van der Waals surface area contributed by atoms with E-state index < -0.39 is 6.03 Å². The third kappa shape index (κ3) is 5.06. The van der Waals surface area contributed by atoms with Crippen molar-refractivity contribution in [2.45, 2.75) is 19.8 Å². The number of benzene rings is 4. The van der Waals surface area contributed by atoms with Gasteiger partial charge in [-0.2, -0.15) is 0 Å². The minimum atomic E-state index is -0.419. The average molecular weight is 465 g/mol. The van der Waals surface area contributed by atoms with E-state index in [4.69, 9.17) is 4.98 Å². The number of nitrogens with zero attached hydrogens (tertiary/aromatic N) is 2. The van der Waals surface area contributed by atoms with E-state index in [0.717, 1.165) is 41.0 Å². The number of aryl methyl sites for hydroxylation is 3. The van der Waals surface area contributed by atoms with Gasteiger partial charge in [-0.3, -0.25) is 4.57 Å². The molecule has 1 aromatic heterocycles. The zero-order chi connectivity index (χ0) is 24.2. The van der Waals surface area contributed by atoms with Crippen LogP contribution in [0, 0.1) is 12.7 Å². The van der Waals surface area contributed by atoms with Crippen molar-refractivity contribution in [3.63, 3.8) is 0 Å². The lowest BCUT2D eigenvalue weighted by atomic mass is 10.1. The first-order valence-corrected chi connectivity index (χ1v) is 11.5. The number of hydrogen-bond donors (Lipinski definition) is 2. The number of halogens is 1. The molecule has 0 fully saturated rings. The molecule has 0 spiro atoms. The Morgan fingerprint density at radius 1 is 0.829 bits per heavy atom. The van der Waals surface area contributed by atoms with Crippen LogP contribution in [0.2, 0.25) is 0 Å². The Hall–Kier alpha value is -4.45. The maximum Gasteiger partial charge on any atom is 0.323 e. The molecule has 5 aromatic rings. The van der Waals surface area contributed by atoms with E-state index in [1.807, 2.05) is 60.7 Å². The number of para-hydroxylation sites is 3. The van der Waals surface area contributed by atoms with Gasteiger partial charge in [0.25, 0.3) is 0 Å². The van der Waals surface area contributed by atoms with Crippen molar-refractivity contribution in [1.29, 1.82) is 0 Å². The first-order chi connectivity index (χ1) is 17.1. The Kier molecular flexibility index (Phi) is 6.26. The first-order valence-electron chi connectivity index (χ1n) is 11.5. The van der Waals surface area contributed by atoms with Crippen LogP contribution in [0.3, 0.4) is 0 Å². The van der Waals surface area contributed by atoms with E-state index >= 15 is 0 Å². The lowest BCUT2D eigenvalue weighted by molar-refractivity contribution is 0.262. The number of imidazole rings is 1. The summed E-state index contributed by atoms with van der Waals surface area (Å²) in [4.78, 5) is 17.2. The van der Waals surface area contributed by atoms with E-state index in [1.165, 1.54) is 6.07 Å². The summed E-state index contributed by atoms with van der Waals surface area (Å²) < 4.78 is 15.9. The summed E-state index contributed by atoms with van der Waals surface area (Å²) in [6.45, 7) is 1.68. The van der Waals surface area contributed by atoms with E-state index in [0.29, 0.717) is 16.9 Å². The molecule has 0 aliphatic carbocycles. The van der Waals surface area contributed by atoms with Gasteiger partial charge in [-0.25, -0.2) is 14.2 Å². The number of rotatable bonds is 6. The Labute approximate surface area is 203 Å². The zero-order valence-electron chi connectivity index (χ0n) is 19.3. The van der Waals surface area contributed by atoms with Crippen molar-refractivity contribution in [2.75, 3.05) is 10.6 Å². The van der Waals surface area contributed by atoms with Gasteiger partial charge in [0, 0.05) is 23.5 Å². The van der Waals surface area contributed by atoms with Gasteiger partial charge in [0.05, 0.1) is 11.0 Å². The van der Waals surface area contributed by atoms with Crippen molar-refractivity contribution in [1.82, 2.24) is 9.55 Å². The van der Waals surface area contributed by atoms with Gasteiger partial charge in [0.2, 0.25) is 0 Å². The fourth-order valence-corrected chi connectivity index (χ4v) is 4.08. The second kappa shape index (κ2) is 9.81. The number of fused-ring (bicyclic) bond motifs is 1. The SMILES string of the molecule is Cc1ccc(NC(=O)Nc2ccc(CCc3nc4ccccc4n3-c3ccccc3)cc2)cc1F. The van der Waals surface area contributed by atoms with Gasteiger partial charge in [-0.05, 0) is 73.0 Å². The molecular formula is C29H25FN4O. The maximum atomic E-state index is 13.7. The van der Waals surface area contributed by atoms with Crippen LogP contribution in [0.4, 0.5) is 20.6 Å². The van der Waals surface area contributed by atoms with Gasteiger partial charge in [0.1, 0.15) is 11.6 Å². The average Bonchev–Trinajstić information content (AvgIpc) is 3.25. The monoisotopic (exact) mass is 464 g/mol. The normalized spacial score (nSPS) is 10.9. The minimum absolute atomic E-state index is 0.354. The molecule has 0 bridgehead atoms. The molecule has 0 unspecified atom stereocenters. The molecule has 0 radical (unpaired) electrons. The molecule has 2 N–H and O–H groups in total. The fraction of sp³-hybridized carbons (Fsp3) is 0.103. The van der Waals surface area contributed by atoms with Crippen LogP contribution in [0.25, 0.3) is 16.7 Å². The number of urea groups is 1. The highest BCUT2D eigenvalue weighted by atomic mass is 19.1. The van der Waals surface area contributed by atoms with Gasteiger partial charge >= 0.3 is 6.03 Å². The molecule has 0 aliphatic heterocycles. The lowest BCUT2D eigenvalue weighted by Gasteiger charge is -2.10. The predicted molar refractivity (Wildman–Crippen MR) is 139 cm³/mol. The van der Waals surface area contributed by atoms with Crippen molar-refractivity contribution < 1.29 is 9.18 Å². The highest BCUT2D eigenvalue weighted by molar-refractivity contribution is 5.99. The van der Waals surface area contributed by atoms with E-state index in [-0.39, 0.29) is 5.82 Å². The molecule has 0 saturated carbocycles. The number of nitrogens with one attached hydrogen (secondary N) is 2. The van der Waals surface area contributed by atoms with Crippen molar-refractivity contribution >= 4 is 28.4 Å². The van der Waals surface area contributed by atoms with Crippen LogP contribution < -0.4 is 10.6 Å². The Morgan fingerprint density at radius 2 is 1.51 bits per heavy atom. The number of carbonyl (C=O) groups excluding carboxylic acids is 1. The summed E-state index contributed by atoms with van der Waals surface area (Å²) in [7, 11) is 0. The molecule has 5 nitrogen and oxygen atoms in total. The minimum Gasteiger partial charge on any atom is -0.308 e. The molecule has 174 valence electrons. The molecular weight excluding hydrogens is 439 g/mol. The number of hydrogen-bond acceptors (Lipinski definition) is 2. The Morgan fingerprint density at radius 3 is 2.29 bits per heavy atom. The second-order valence-electron chi connectivity index (χ2n) is 8.43. The number of carbonyl (C=O) groups is 1. The summed E-state index contributed by atoms with van der Waals surface area (Å²) in [5.41, 5.74) is 5.90. The van der Waals surface area contributed by atoms with Crippen molar-refractivity contribution in [2.24, 2.45) is 0 Å². The molecule has 35 heavy (non-hydrogen) atoms. The number of aromatic nitrogens is 2. The van der Waals surface area contributed by atoms with Crippen LogP contribution >= 0.6 is 0 Å². The van der Waals surface area contributed by atoms with Crippen LogP contribution in [0.1, 0.15) is 17.0 Å². The zero-order valence-corrected chi connectivity index (χ0v) is 19.3. The maximum absolute atomic E-state index is 13.7. The molecule has 0 atom stereocenters. The quantitative estimate of drug-likeness (QED) is 0.287. The predicted octanol–water partition coefficient (Wildman–Crippen LogP) is 6.90. The molecule has 6 heteroatoms. The standard InChI is InChI=1S/C29H25FN4O/c1-20-11-15-23(19-25(20)30)32-29(35)31-22-16-12-21(13-17-22)14-18-28-33-26-9-5-6-10-27(26)34(28)24-7-3-2-4-8-24/h2-13,15-17,19H,14,18H2,1H3,(H2,31,32,35). The van der Waals surface area contributed by atoms with Crippen molar-refractivity contribution in [3.05, 3.63) is 120 Å². The second-order valence-corrected chi connectivity index (χ2v) is 8.43. The molecule has 1 heterocycles. The largest absolute Gasteiger partial charge is 0.323 e. The highest BCUT2D eigenvalue weighted by Gasteiger charge is 2.12. The van der Waals surface area contributed by atoms with Gasteiger partial charge in [0.15, 0.2) is 0 Å². The Balaban J connectivity index is 1.26. The highest BCUT2D eigenvalue weighted by Crippen LogP contribution is 2.23. The fourth-order valence-electron chi connectivity index (χ4n) is 4.08. The third-order valence-electron chi connectivity index (χ3n) is 5.92. The van der Waals surface area contributed by atoms with E-state index in [9.17, 15) is 9.18 Å². The van der Waals surface area contributed by atoms with Crippen LogP contribution in [-0.2, 0) is 12.8 Å². The number of anilines is 2. The topological polar surface area (TPSA) is 59.0 Å². The van der Waals surface area contributed by atoms with Crippen LogP contribution in [0.15, 0.2) is 97.1 Å². The van der Waals surface area contributed by atoms with E-state index in [2.05, 4.69) is 33.4 Å². The Bertz CT molecular complexity index is 1480. The molecule has 4 aromatic carbocycles. The van der Waals surface area contributed by atoms with Gasteiger partial charge in [-0.1, -0.05) is 48.5 Å². The molecule has 0 saturated heterocycles. The van der Waals surface area contributed by atoms with E-state index in [1.54, 1.807) is 19.1 Å². The molecule has 2 amide bonds. The summed E-state index contributed by atoms with van der Waals surface area (Å²) in [5, 5.41) is 5.44. The summed E-state index contributed by atoms with van der Waals surface area (Å²) in [6.07, 6.45) is 1.58.